The first kappa shape index (κ1) is 17.8. The number of thioether (sulfide) groups is 1. The Labute approximate surface area is 133 Å². The summed E-state index contributed by atoms with van der Waals surface area (Å²) < 4.78 is 6.12. The molecule has 0 atom stereocenters. The van der Waals surface area contributed by atoms with Gasteiger partial charge in [0.2, 0.25) is 0 Å². The van der Waals surface area contributed by atoms with Crippen LogP contribution in [0.15, 0.2) is 40.6 Å². The molecule has 0 aliphatic rings. The number of hydrogen-bond acceptors (Lipinski definition) is 2. The molecular formula is C16H25ClOSSi. The van der Waals surface area contributed by atoms with Crippen LogP contribution in [0.1, 0.15) is 27.2 Å². The van der Waals surface area contributed by atoms with Crippen LogP contribution in [-0.4, -0.2) is 14.9 Å². The van der Waals surface area contributed by atoms with Crippen molar-refractivity contribution >= 4 is 31.7 Å². The molecule has 0 N–H and O–H groups in total. The van der Waals surface area contributed by atoms with Crippen molar-refractivity contribution < 1.29 is 4.43 Å². The van der Waals surface area contributed by atoms with Gasteiger partial charge in [-0.3, -0.25) is 0 Å². The quantitative estimate of drug-likeness (QED) is 0.341. The van der Waals surface area contributed by atoms with Crippen LogP contribution in [0.25, 0.3) is 0 Å². The van der Waals surface area contributed by atoms with E-state index >= 15 is 0 Å². The molecule has 0 heterocycles. The first-order chi connectivity index (χ1) is 9.22. The Balaban J connectivity index is 2.28. The van der Waals surface area contributed by atoms with E-state index in [2.05, 4.69) is 45.3 Å². The third-order valence-electron chi connectivity index (χ3n) is 3.67. The summed E-state index contributed by atoms with van der Waals surface area (Å²) >= 11 is 7.56. The Hall–Kier alpha value is -0.223. The molecule has 0 aliphatic heterocycles. The van der Waals surface area contributed by atoms with Crippen molar-refractivity contribution in [1.29, 1.82) is 0 Å². The van der Waals surface area contributed by atoms with E-state index in [4.69, 9.17) is 16.0 Å². The van der Waals surface area contributed by atoms with Crippen LogP contribution in [0, 0.1) is 0 Å². The van der Waals surface area contributed by atoms with Crippen molar-refractivity contribution in [3.05, 3.63) is 40.8 Å². The zero-order valence-corrected chi connectivity index (χ0v) is 15.6. The summed E-state index contributed by atoms with van der Waals surface area (Å²) in [6.07, 6.45) is 3.14. The maximum atomic E-state index is 6.12. The molecule has 0 spiro atoms. The number of rotatable bonds is 6. The summed E-state index contributed by atoms with van der Waals surface area (Å²) in [5.41, 5.74) is 0. The molecule has 0 amide bonds. The highest BCUT2D eigenvalue weighted by Gasteiger charge is 2.36. The molecule has 112 valence electrons. The van der Waals surface area contributed by atoms with Gasteiger partial charge in [0.15, 0.2) is 8.32 Å². The van der Waals surface area contributed by atoms with E-state index in [1.807, 2.05) is 24.3 Å². The van der Waals surface area contributed by atoms with Gasteiger partial charge in [-0.2, -0.15) is 0 Å². The van der Waals surface area contributed by atoms with Gasteiger partial charge in [-0.05, 0) is 54.2 Å². The van der Waals surface area contributed by atoms with Crippen LogP contribution >= 0.6 is 23.4 Å². The van der Waals surface area contributed by atoms with Crippen molar-refractivity contribution in [3.8, 4) is 0 Å². The van der Waals surface area contributed by atoms with Gasteiger partial charge in [0.25, 0.3) is 0 Å². The highest BCUT2D eigenvalue weighted by atomic mass is 35.5. The van der Waals surface area contributed by atoms with Gasteiger partial charge in [-0.1, -0.05) is 50.2 Å². The van der Waals surface area contributed by atoms with E-state index in [1.54, 1.807) is 11.8 Å². The average Bonchev–Trinajstić information content (AvgIpc) is 2.34. The molecule has 0 saturated carbocycles. The lowest BCUT2D eigenvalue weighted by atomic mass is 10.2. The summed E-state index contributed by atoms with van der Waals surface area (Å²) in [5.74, 6) is 0. The van der Waals surface area contributed by atoms with Crippen LogP contribution in [-0.2, 0) is 4.43 Å². The average molecular weight is 329 g/mol. The Bertz CT molecular complexity index is 435. The zero-order valence-electron chi connectivity index (χ0n) is 13.1. The summed E-state index contributed by atoms with van der Waals surface area (Å²) in [6.45, 7) is 12.2. The molecular weight excluding hydrogens is 304 g/mol. The van der Waals surface area contributed by atoms with Crippen molar-refractivity contribution in [3.63, 3.8) is 0 Å². The third-order valence-corrected chi connectivity index (χ3v) is 9.33. The van der Waals surface area contributed by atoms with Crippen molar-refractivity contribution in [2.45, 2.75) is 50.2 Å². The number of benzene rings is 1. The first-order valence-corrected chi connectivity index (χ1v) is 11.1. The lowest BCUT2D eigenvalue weighted by Crippen LogP contribution is -2.40. The van der Waals surface area contributed by atoms with E-state index in [-0.39, 0.29) is 5.04 Å². The largest absolute Gasteiger partial charge is 0.417 e. The van der Waals surface area contributed by atoms with E-state index < -0.39 is 8.32 Å². The van der Waals surface area contributed by atoms with E-state index in [9.17, 15) is 0 Å². The molecule has 0 aromatic heterocycles. The monoisotopic (exact) mass is 328 g/mol. The van der Waals surface area contributed by atoms with Gasteiger partial charge in [0, 0.05) is 16.5 Å². The number of halogens is 1. The molecule has 1 nitrogen and oxygen atoms in total. The molecule has 4 heteroatoms. The fourth-order valence-corrected chi connectivity index (χ4v) is 3.18. The van der Waals surface area contributed by atoms with E-state index in [1.165, 1.54) is 4.90 Å². The van der Waals surface area contributed by atoms with Crippen LogP contribution < -0.4 is 0 Å². The molecule has 0 fully saturated rings. The van der Waals surface area contributed by atoms with Gasteiger partial charge >= 0.3 is 0 Å². The fraction of sp³-hybridized carbons (Fsp3) is 0.500. The second-order valence-corrected chi connectivity index (χ2v) is 12.6. The molecule has 1 aromatic carbocycles. The molecule has 0 saturated heterocycles. The summed E-state index contributed by atoms with van der Waals surface area (Å²) in [6, 6.07) is 7.89. The SMILES string of the molecule is CC(C)(C)[Si](C)(C)OCCC=CSc1ccc(Cl)cc1. The number of hydrogen-bond donors (Lipinski definition) is 0. The van der Waals surface area contributed by atoms with Gasteiger partial charge in [0.1, 0.15) is 0 Å². The summed E-state index contributed by atoms with van der Waals surface area (Å²) in [7, 11) is -1.59. The Morgan fingerprint density at radius 2 is 1.80 bits per heavy atom. The van der Waals surface area contributed by atoms with Gasteiger partial charge in [-0.15, -0.1) is 0 Å². The lowest BCUT2D eigenvalue weighted by Gasteiger charge is -2.36. The topological polar surface area (TPSA) is 9.23 Å². The van der Waals surface area contributed by atoms with E-state index in [0.717, 1.165) is 18.1 Å². The predicted octanol–water partition coefficient (Wildman–Crippen LogP) is 6.36. The molecule has 0 aliphatic carbocycles. The maximum absolute atomic E-state index is 6.12. The molecule has 0 radical (unpaired) electrons. The molecule has 1 rings (SSSR count). The van der Waals surface area contributed by atoms with Gasteiger partial charge < -0.3 is 4.43 Å². The Morgan fingerprint density at radius 1 is 1.20 bits per heavy atom. The molecule has 0 bridgehead atoms. The minimum atomic E-state index is -1.59. The van der Waals surface area contributed by atoms with Crippen molar-refractivity contribution in [2.75, 3.05) is 6.61 Å². The second kappa shape index (κ2) is 7.69. The van der Waals surface area contributed by atoms with Crippen molar-refractivity contribution in [2.24, 2.45) is 0 Å². The predicted molar refractivity (Wildman–Crippen MR) is 94.2 cm³/mol. The van der Waals surface area contributed by atoms with Crippen LogP contribution in [0.3, 0.4) is 0 Å². The summed E-state index contributed by atoms with van der Waals surface area (Å²) in [5, 5.41) is 3.19. The van der Waals surface area contributed by atoms with Gasteiger partial charge in [-0.25, -0.2) is 0 Å². The minimum Gasteiger partial charge on any atom is -0.417 e. The third kappa shape index (κ3) is 6.04. The van der Waals surface area contributed by atoms with Crippen molar-refractivity contribution in [1.82, 2.24) is 0 Å². The normalized spacial score (nSPS) is 13.1. The van der Waals surface area contributed by atoms with Crippen LogP contribution in [0.4, 0.5) is 0 Å². The maximum Gasteiger partial charge on any atom is 0.191 e. The van der Waals surface area contributed by atoms with Crippen LogP contribution in [0.2, 0.25) is 23.2 Å². The Morgan fingerprint density at radius 3 is 2.35 bits per heavy atom. The molecule has 20 heavy (non-hydrogen) atoms. The van der Waals surface area contributed by atoms with E-state index in [0.29, 0.717) is 0 Å². The fourth-order valence-electron chi connectivity index (χ4n) is 1.31. The second-order valence-electron chi connectivity index (χ2n) is 6.34. The standard InChI is InChI=1S/C16H25ClOSSi/c1-16(2,3)20(4,5)18-12-6-7-13-19-15-10-8-14(17)9-11-15/h7-11,13H,6,12H2,1-5H3. The Kier molecular flexibility index (Phi) is 6.86. The zero-order chi connectivity index (χ0) is 15.2. The molecule has 1 aromatic rings. The minimum absolute atomic E-state index is 0.286. The van der Waals surface area contributed by atoms with Crippen LogP contribution in [0.5, 0.6) is 0 Å². The highest BCUT2D eigenvalue weighted by Crippen LogP contribution is 2.36. The van der Waals surface area contributed by atoms with Gasteiger partial charge in [0.05, 0.1) is 0 Å². The molecule has 0 unspecified atom stereocenters. The summed E-state index contributed by atoms with van der Waals surface area (Å²) in [4.78, 5) is 1.20. The highest BCUT2D eigenvalue weighted by molar-refractivity contribution is 8.02. The first-order valence-electron chi connectivity index (χ1n) is 6.93. The lowest BCUT2D eigenvalue weighted by molar-refractivity contribution is 0.294. The smallest absolute Gasteiger partial charge is 0.191 e.